The van der Waals surface area contributed by atoms with E-state index in [0.717, 1.165) is 25.8 Å². The molecule has 0 heterocycles. The van der Waals surface area contributed by atoms with Gasteiger partial charge in [0, 0.05) is 4.47 Å². The molecule has 0 aliphatic rings. The quantitative estimate of drug-likeness (QED) is 0.553. The minimum atomic E-state index is -0.311. The third kappa shape index (κ3) is 5.18. The van der Waals surface area contributed by atoms with Crippen LogP contribution in [0.2, 0.25) is 0 Å². The first-order chi connectivity index (χ1) is 11.0. The van der Waals surface area contributed by atoms with E-state index in [9.17, 15) is 4.79 Å². The molecular formula is C17H16Br2N2O2. The summed E-state index contributed by atoms with van der Waals surface area (Å²) in [7, 11) is 0. The largest absolute Gasteiger partial charge is 0.482 e. The number of nitrogens with zero attached hydrogens (tertiary/aromatic N) is 1. The maximum absolute atomic E-state index is 11.9. The van der Waals surface area contributed by atoms with Crippen molar-refractivity contribution in [3.8, 4) is 5.75 Å². The van der Waals surface area contributed by atoms with Gasteiger partial charge in [0.25, 0.3) is 5.91 Å². The molecule has 0 aromatic heterocycles. The molecule has 0 saturated heterocycles. The van der Waals surface area contributed by atoms with E-state index < -0.39 is 0 Å². The van der Waals surface area contributed by atoms with E-state index in [1.54, 1.807) is 0 Å². The van der Waals surface area contributed by atoms with Gasteiger partial charge in [-0.3, -0.25) is 4.79 Å². The Morgan fingerprint density at radius 1 is 1.22 bits per heavy atom. The van der Waals surface area contributed by atoms with Gasteiger partial charge in [-0.15, -0.1) is 0 Å². The predicted octanol–water partition coefficient (Wildman–Crippen LogP) is 4.44. The Hall–Kier alpha value is -1.66. The molecule has 1 N–H and O–H groups in total. The summed E-state index contributed by atoms with van der Waals surface area (Å²) in [5.41, 5.74) is 5.13. The fourth-order valence-electron chi connectivity index (χ4n) is 1.93. The second kappa shape index (κ2) is 8.26. The molecule has 4 nitrogen and oxygen atoms in total. The summed E-state index contributed by atoms with van der Waals surface area (Å²) in [6, 6.07) is 13.4. The normalized spacial score (nSPS) is 11.2. The molecule has 2 aromatic rings. The number of aryl methyl sites for hydroxylation is 1. The van der Waals surface area contributed by atoms with Gasteiger partial charge in [-0.1, -0.05) is 46.3 Å². The van der Waals surface area contributed by atoms with Gasteiger partial charge in [-0.2, -0.15) is 5.10 Å². The van der Waals surface area contributed by atoms with E-state index in [2.05, 4.69) is 42.4 Å². The number of carbonyl (C=O) groups excluding carboxylic acids is 1. The lowest BCUT2D eigenvalue weighted by Crippen LogP contribution is -2.25. The third-order valence-electron chi connectivity index (χ3n) is 3.08. The number of hydrogen-bond donors (Lipinski definition) is 1. The van der Waals surface area contributed by atoms with Crippen LogP contribution < -0.4 is 10.2 Å². The number of halogens is 2. The molecule has 0 radical (unpaired) electrons. The molecule has 0 aliphatic carbocycles. The summed E-state index contributed by atoms with van der Waals surface area (Å²) in [6.07, 6.45) is 0. The van der Waals surface area contributed by atoms with E-state index in [-0.39, 0.29) is 12.5 Å². The standard InChI is InChI=1S/C17H16Br2N2O2/c1-11-8-14(18)9-15(19)17(11)23-10-16(22)21-20-12(2)13-6-4-3-5-7-13/h3-9H,10H2,1-2H3,(H,21,22)/b20-12-. The zero-order valence-electron chi connectivity index (χ0n) is 12.8. The van der Waals surface area contributed by atoms with Gasteiger partial charge >= 0.3 is 0 Å². The van der Waals surface area contributed by atoms with Gasteiger partial charge < -0.3 is 4.74 Å². The summed E-state index contributed by atoms with van der Waals surface area (Å²) in [4.78, 5) is 11.9. The molecule has 0 spiro atoms. The summed E-state index contributed by atoms with van der Waals surface area (Å²) in [6.45, 7) is 3.65. The maximum atomic E-state index is 11.9. The molecule has 23 heavy (non-hydrogen) atoms. The van der Waals surface area contributed by atoms with E-state index >= 15 is 0 Å². The number of carbonyl (C=O) groups is 1. The second-order valence-corrected chi connectivity index (χ2v) is 6.69. The van der Waals surface area contributed by atoms with Gasteiger partial charge in [-0.05, 0) is 53.0 Å². The molecule has 2 aromatic carbocycles. The molecule has 0 atom stereocenters. The van der Waals surface area contributed by atoms with Crippen LogP contribution in [0, 0.1) is 6.92 Å². The lowest BCUT2D eigenvalue weighted by atomic mass is 10.1. The smallest absolute Gasteiger partial charge is 0.277 e. The number of ether oxygens (including phenoxy) is 1. The summed E-state index contributed by atoms with van der Waals surface area (Å²) in [5.74, 6) is 0.335. The molecule has 0 unspecified atom stereocenters. The van der Waals surface area contributed by atoms with Crippen LogP contribution >= 0.6 is 31.9 Å². The predicted molar refractivity (Wildman–Crippen MR) is 98.9 cm³/mol. The van der Waals surface area contributed by atoms with Crippen LogP contribution in [0.1, 0.15) is 18.1 Å². The summed E-state index contributed by atoms with van der Waals surface area (Å²) >= 11 is 6.83. The number of benzene rings is 2. The molecule has 120 valence electrons. The van der Waals surface area contributed by atoms with Crippen molar-refractivity contribution in [3.63, 3.8) is 0 Å². The van der Waals surface area contributed by atoms with Crippen molar-refractivity contribution in [1.29, 1.82) is 0 Å². The molecule has 0 saturated carbocycles. The van der Waals surface area contributed by atoms with Crippen LogP contribution in [0.3, 0.4) is 0 Å². The van der Waals surface area contributed by atoms with Crippen molar-refractivity contribution in [2.75, 3.05) is 6.61 Å². The monoisotopic (exact) mass is 438 g/mol. The zero-order valence-corrected chi connectivity index (χ0v) is 15.9. The first kappa shape index (κ1) is 17.7. The highest BCUT2D eigenvalue weighted by atomic mass is 79.9. The first-order valence-electron chi connectivity index (χ1n) is 6.94. The fourth-order valence-corrected chi connectivity index (χ4v) is 3.49. The third-order valence-corrected chi connectivity index (χ3v) is 4.13. The Balaban J connectivity index is 1.94. The average molecular weight is 440 g/mol. The summed E-state index contributed by atoms with van der Waals surface area (Å²) < 4.78 is 7.31. The lowest BCUT2D eigenvalue weighted by Gasteiger charge is -2.11. The van der Waals surface area contributed by atoms with Crippen molar-refractivity contribution < 1.29 is 9.53 Å². The maximum Gasteiger partial charge on any atom is 0.277 e. The van der Waals surface area contributed by atoms with Crippen molar-refractivity contribution in [1.82, 2.24) is 5.43 Å². The molecule has 0 fully saturated rings. The Labute approximate surface area is 152 Å². The minimum absolute atomic E-state index is 0.105. The van der Waals surface area contributed by atoms with E-state index in [1.165, 1.54) is 0 Å². The number of hydrogen-bond acceptors (Lipinski definition) is 3. The van der Waals surface area contributed by atoms with Crippen LogP contribution in [-0.2, 0) is 4.79 Å². The first-order valence-corrected chi connectivity index (χ1v) is 8.53. The Morgan fingerprint density at radius 3 is 2.57 bits per heavy atom. The lowest BCUT2D eigenvalue weighted by molar-refractivity contribution is -0.123. The van der Waals surface area contributed by atoms with Crippen LogP contribution in [0.25, 0.3) is 0 Å². The summed E-state index contributed by atoms with van der Waals surface area (Å²) in [5, 5.41) is 4.08. The number of rotatable bonds is 5. The number of amides is 1. The Bertz CT molecular complexity index is 708. The van der Waals surface area contributed by atoms with Crippen molar-refractivity contribution in [2.45, 2.75) is 13.8 Å². The highest BCUT2D eigenvalue weighted by molar-refractivity contribution is 9.11. The van der Waals surface area contributed by atoms with Crippen molar-refractivity contribution >= 4 is 43.5 Å². The van der Waals surface area contributed by atoms with Gasteiger partial charge in [-0.25, -0.2) is 5.43 Å². The molecule has 0 bridgehead atoms. The fraction of sp³-hybridized carbons (Fsp3) is 0.176. The molecule has 6 heteroatoms. The van der Waals surface area contributed by atoms with Gasteiger partial charge in [0.15, 0.2) is 6.61 Å². The minimum Gasteiger partial charge on any atom is -0.482 e. The van der Waals surface area contributed by atoms with Gasteiger partial charge in [0.05, 0.1) is 10.2 Å². The molecule has 0 aliphatic heterocycles. The molecule has 1 amide bonds. The van der Waals surface area contributed by atoms with Crippen LogP contribution in [0.15, 0.2) is 56.5 Å². The average Bonchev–Trinajstić information content (AvgIpc) is 2.52. The Morgan fingerprint density at radius 2 is 1.91 bits per heavy atom. The van der Waals surface area contributed by atoms with Crippen LogP contribution in [0.4, 0.5) is 0 Å². The van der Waals surface area contributed by atoms with Crippen molar-refractivity contribution in [3.05, 3.63) is 62.5 Å². The van der Waals surface area contributed by atoms with Crippen LogP contribution in [0.5, 0.6) is 5.75 Å². The van der Waals surface area contributed by atoms with Gasteiger partial charge in [0.1, 0.15) is 5.75 Å². The van der Waals surface area contributed by atoms with E-state index in [0.29, 0.717) is 5.75 Å². The molecular weight excluding hydrogens is 424 g/mol. The Kier molecular flexibility index (Phi) is 6.36. The van der Waals surface area contributed by atoms with Gasteiger partial charge in [0.2, 0.25) is 0 Å². The SMILES string of the molecule is C/C(=N/NC(=O)COc1c(C)cc(Br)cc1Br)c1ccccc1. The second-order valence-electron chi connectivity index (χ2n) is 4.92. The highest BCUT2D eigenvalue weighted by Crippen LogP contribution is 2.32. The van der Waals surface area contributed by atoms with Crippen molar-refractivity contribution in [2.24, 2.45) is 5.10 Å². The van der Waals surface area contributed by atoms with E-state index in [4.69, 9.17) is 4.74 Å². The highest BCUT2D eigenvalue weighted by Gasteiger charge is 2.09. The van der Waals surface area contributed by atoms with Crippen LogP contribution in [-0.4, -0.2) is 18.2 Å². The molecule has 2 rings (SSSR count). The topological polar surface area (TPSA) is 50.7 Å². The number of nitrogens with one attached hydrogen (secondary N) is 1. The zero-order chi connectivity index (χ0) is 16.8. The van der Waals surface area contributed by atoms with E-state index in [1.807, 2.05) is 56.3 Å². The number of hydrazone groups is 1.